The number of piperidine rings is 1. The second-order valence-corrected chi connectivity index (χ2v) is 4.73. The van der Waals surface area contributed by atoms with Crippen LogP contribution in [0.1, 0.15) is 18.4 Å². The summed E-state index contributed by atoms with van der Waals surface area (Å²) in [7, 11) is 1.42. The van der Waals surface area contributed by atoms with Crippen LogP contribution in [0.5, 0.6) is 0 Å². The number of nitrogens with zero attached hydrogens (tertiary/aromatic N) is 1. The third-order valence-electron chi connectivity index (χ3n) is 3.34. The number of esters is 1. The van der Waals surface area contributed by atoms with Crippen molar-refractivity contribution in [3.63, 3.8) is 0 Å². The first-order valence-electron chi connectivity index (χ1n) is 6.23. The molecular weight excluding hydrogens is 233 g/mol. The summed E-state index contributed by atoms with van der Waals surface area (Å²) in [5.74, 6) is -0.398. The molecule has 1 aromatic rings. The summed E-state index contributed by atoms with van der Waals surface area (Å²) >= 11 is 0. The zero-order chi connectivity index (χ0) is 13.0. The van der Waals surface area contributed by atoms with Crippen LogP contribution < -0.4 is 0 Å². The zero-order valence-corrected chi connectivity index (χ0v) is 10.6. The number of likely N-dealkylation sites (tertiary alicyclic amines) is 1. The summed E-state index contributed by atoms with van der Waals surface area (Å²) in [6, 6.07) is 6.61. The average molecular weight is 251 g/mol. The Morgan fingerprint density at radius 1 is 1.56 bits per heavy atom. The summed E-state index contributed by atoms with van der Waals surface area (Å²) in [5, 5.41) is 0. The fourth-order valence-corrected chi connectivity index (χ4v) is 2.45. The van der Waals surface area contributed by atoms with Crippen LogP contribution in [-0.2, 0) is 16.1 Å². The molecule has 0 unspecified atom stereocenters. The fraction of sp³-hybridized carbons (Fsp3) is 0.500. The Labute approximate surface area is 107 Å². The van der Waals surface area contributed by atoms with E-state index in [0.717, 1.165) is 24.9 Å². The van der Waals surface area contributed by atoms with Gasteiger partial charge < -0.3 is 4.74 Å². The van der Waals surface area contributed by atoms with Gasteiger partial charge in [0.15, 0.2) is 0 Å². The molecule has 0 radical (unpaired) electrons. The number of halogens is 1. The van der Waals surface area contributed by atoms with Crippen LogP contribution >= 0.6 is 0 Å². The highest BCUT2D eigenvalue weighted by atomic mass is 19.1. The first kappa shape index (κ1) is 13.0. The predicted molar refractivity (Wildman–Crippen MR) is 66.4 cm³/mol. The van der Waals surface area contributed by atoms with Crippen molar-refractivity contribution in [1.29, 1.82) is 0 Å². The van der Waals surface area contributed by atoms with E-state index in [2.05, 4.69) is 4.90 Å². The van der Waals surface area contributed by atoms with E-state index < -0.39 is 0 Å². The molecule has 1 fully saturated rings. The molecule has 0 bridgehead atoms. The van der Waals surface area contributed by atoms with Crippen molar-refractivity contribution in [3.8, 4) is 0 Å². The van der Waals surface area contributed by atoms with Crippen molar-refractivity contribution >= 4 is 5.97 Å². The molecule has 2 rings (SSSR count). The topological polar surface area (TPSA) is 29.5 Å². The van der Waals surface area contributed by atoms with Crippen molar-refractivity contribution in [1.82, 2.24) is 4.90 Å². The summed E-state index contributed by atoms with van der Waals surface area (Å²) in [4.78, 5) is 13.7. The minimum Gasteiger partial charge on any atom is -0.469 e. The number of ether oxygens (including phenoxy) is 1. The van der Waals surface area contributed by atoms with Gasteiger partial charge in [-0.3, -0.25) is 9.69 Å². The van der Waals surface area contributed by atoms with Gasteiger partial charge in [-0.15, -0.1) is 0 Å². The van der Waals surface area contributed by atoms with E-state index in [9.17, 15) is 9.18 Å². The van der Waals surface area contributed by atoms with Crippen molar-refractivity contribution in [2.45, 2.75) is 19.4 Å². The molecule has 3 nitrogen and oxygen atoms in total. The van der Waals surface area contributed by atoms with Crippen LogP contribution in [0, 0.1) is 11.7 Å². The summed E-state index contributed by atoms with van der Waals surface area (Å²) in [5.41, 5.74) is 0.945. The van der Waals surface area contributed by atoms with E-state index in [1.807, 2.05) is 6.07 Å². The largest absolute Gasteiger partial charge is 0.469 e. The maximum Gasteiger partial charge on any atom is 0.309 e. The van der Waals surface area contributed by atoms with Gasteiger partial charge >= 0.3 is 5.97 Å². The van der Waals surface area contributed by atoms with Gasteiger partial charge in [-0.05, 0) is 37.1 Å². The molecule has 98 valence electrons. The van der Waals surface area contributed by atoms with Gasteiger partial charge in [0.1, 0.15) is 5.82 Å². The van der Waals surface area contributed by atoms with Crippen LogP contribution in [0.25, 0.3) is 0 Å². The smallest absolute Gasteiger partial charge is 0.309 e. The maximum atomic E-state index is 13.1. The van der Waals surface area contributed by atoms with E-state index in [-0.39, 0.29) is 17.7 Å². The standard InChI is InChI=1S/C14H18FNO2/c1-18-14(17)12-5-3-7-16(10-12)9-11-4-2-6-13(15)8-11/h2,4,6,8,12H,3,5,7,9-10H2,1H3/t12-/m0/s1. The Morgan fingerprint density at radius 3 is 3.11 bits per heavy atom. The molecule has 1 aliphatic rings. The van der Waals surface area contributed by atoms with Crippen LogP contribution in [-0.4, -0.2) is 31.1 Å². The second-order valence-electron chi connectivity index (χ2n) is 4.73. The summed E-state index contributed by atoms with van der Waals surface area (Å²) in [6.07, 6.45) is 1.86. The summed E-state index contributed by atoms with van der Waals surface area (Å²) < 4.78 is 17.9. The molecule has 18 heavy (non-hydrogen) atoms. The molecule has 4 heteroatoms. The normalized spacial score (nSPS) is 20.7. The van der Waals surface area contributed by atoms with Gasteiger partial charge in [-0.25, -0.2) is 4.39 Å². The summed E-state index contributed by atoms with van der Waals surface area (Å²) in [6.45, 7) is 2.33. The molecular formula is C14H18FNO2. The predicted octanol–water partition coefficient (Wildman–Crippen LogP) is 2.21. The van der Waals surface area contributed by atoms with Gasteiger partial charge in [0.25, 0.3) is 0 Å². The van der Waals surface area contributed by atoms with E-state index in [1.165, 1.54) is 13.2 Å². The quantitative estimate of drug-likeness (QED) is 0.771. The van der Waals surface area contributed by atoms with Gasteiger partial charge in [0.05, 0.1) is 13.0 Å². The molecule has 0 aromatic heterocycles. The maximum absolute atomic E-state index is 13.1. The Bertz CT molecular complexity index is 422. The number of benzene rings is 1. The molecule has 0 aliphatic carbocycles. The Morgan fingerprint density at radius 2 is 2.39 bits per heavy atom. The fourth-order valence-electron chi connectivity index (χ4n) is 2.45. The van der Waals surface area contributed by atoms with Crippen LogP contribution in [0.3, 0.4) is 0 Å². The van der Waals surface area contributed by atoms with E-state index in [1.54, 1.807) is 12.1 Å². The lowest BCUT2D eigenvalue weighted by atomic mass is 9.98. The number of hydrogen-bond donors (Lipinski definition) is 0. The number of hydrogen-bond acceptors (Lipinski definition) is 3. The lowest BCUT2D eigenvalue weighted by molar-refractivity contribution is -0.147. The van der Waals surface area contributed by atoms with E-state index >= 15 is 0 Å². The van der Waals surface area contributed by atoms with Gasteiger partial charge in [0, 0.05) is 13.1 Å². The number of methoxy groups -OCH3 is 1. The SMILES string of the molecule is COC(=O)[C@H]1CCCN(Cc2cccc(F)c2)C1. The Balaban J connectivity index is 1.95. The molecule has 1 atom stereocenters. The zero-order valence-electron chi connectivity index (χ0n) is 10.6. The van der Waals surface area contributed by atoms with Crippen LogP contribution in [0.4, 0.5) is 4.39 Å². The van der Waals surface area contributed by atoms with Crippen LogP contribution in [0.2, 0.25) is 0 Å². The monoisotopic (exact) mass is 251 g/mol. The van der Waals surface area contributed by atoms with Crippen LogP contribution in [0.15, 0.2) is 24.3 Å². The molecule has 1 saturated heterocycles. The first-order valence-corrected chi connectivity index (χ1v) is 6.23. The highest BCUT2D eigenvalue weighted by molar-refractivity contribution is 5.72. The molecule has 0 amide bonds. The lowest BCUT2D eigenvalue weighted by Crippen LogP contribution is -2.38. The third kappa shape index (κ3) is 3.29. The Kier molecular flexibility index (Phi) is 4.31. The van der Waals surface area contributed by atoms with Crippen molar-refractivity contribution < 1.29 is 13.9 Å². The first-order chi connectivity index (χ1) is 8.69. The highest BCUT2D eigenvalue weighted by Gasteiger charge is 2.26. The molecule has 1 aliphatic heterocycles. The molecule has 1 heterocycles. The molecule has 1 aromatic carbocycles. The minimum atomic E-state index is -0.214. The number of carbonyl (C=O) groups is 1. The van der Waals surface area contributed by atoms with Gasteiger partial charge in [-0.2, -0.15) is 0 Å². The molecule has 0 N–H and O–H groups in total. The van der Waals surface area contributed by atoms with Gasteiger partial charge in [-0.1, -0.05) is 12.1 Å². The van der Waals surface area contributed by atoms with Gasteiger partial charge in [0.2, 0.25) is 0 Å². The third-order valence-corrected chi connectivity index (χ3v) is 3.34. The lowest BCUT2D eigenvalue weighted by Gasteiger charge is -2.31. The molecule has 0 spiro atoms. The van der Waals surface area contributed by atoms with Crippen molar-refractivity contribution in [2.75, 3.05) is 20.2 Å². The van der Waals surface area contributed by atoms with Crippen molar-refractivity contribution in [2.24, 2.45) is 5.92 Å². The number of carbonyl (C=O) groups excluding carboxylic acids is 1. The minimum absolute atomic E-state index is 0.0442. The molecule has 0 saturated carbocycles. The average Bonchev–Trinajstić information content (AvgIpc) is 2.38. The highest BCUT2D eigenvalue weighted by Crippen LogP contribution is 2.19. The Hall–Kier alpha value is -1.42. The van der Waals surface area contributed by atoms with E-state index in [0.29, 0.717) is 13.1 Å². The second kappa shape index (κ2) is 5.96. The van der Waals surface area contributed by atoms with Crippen molar-refractivity contribution in [3.05, 3.63) is 35.6 Å². The number of rotatable bonds is 3. The van der Waals surface area contributed by atoms with E-state index in [4.69, 9.17) is 4.74 Å².